The lowest BCUT2D eigenvalue weighted by Gasteiger charge is -2.26. The van der Waals surface area contributed by atoms with Gasteiger partial charge >= 0.3 is 6.18 Å². The topological polar surface area (TPSA) is 110 Å². The van der Waals surface area contributed by atoms with E-state index < -0.39 is 23.5 Å². The summed E-state index contributed by atoms with van der Waals surface area (Å²) in [6.45, 7) is 4.88. The van der Waals surface area contributed by atoms with E-state index in [0.29, 0.717) is 52.3 Å². The van der Waals surface area contributed by atoms with Crippen molar-refractivity contribution in [3.63, 3.8) is 0 Å². The van der Waals surface area contributed by atoms with Gasteiger partial charge < -0.3 is 29.9 Å². The van der Waals surface area contributed by atoms with Gasteiger partial charge in [-0.1, -0.05) is 6.58 Å². The predicted molar refractivity (Wildman–Crippen MR) is 155 cm³/mol. The SMILES string of the molecule is C=CC(=O)Nc1cc(Nc2ncc(C(F)(F)F)c(-n3cnc4ccc(OC)cc43)n2)c(OC)cc1N(C)CCN(C)C. The van der Waals surface area contributed by atoms with Gasteiger partial charge in [-0.2, -0.15) is 18.2 Å². The quantitative estimate of drug-likeness (QED) is 0.242. The Morgan fingerprint density at radius 1 is 1.07 bits per heavy atom. The van der Waals surface area contributed by atoms with E-state index in [1.54, 1.807) is 30.3 Å². The van der Waals surface area contributed by atoms with E-state index in [1.165, 1.54) is 25.1 Å². The molecule has 222 valence electrons. The van der Waals surface area contributed by atoms with Crippen LogP contribution in [0.3, 0.4) is 0 Å². The Balaban J connectivity index is 1.81. The number of likely N-dealkylation sites (N-methyl/N-ethyl adjacent to an activating group) is 2. The zero-order chi connectivity index (χ0) is 30.6. The minimum Gasteiger partial charge on any atom is -0.497 e. The molecule has 4 aromatic rings. The van der Waals surface area contributed by atoms with Crippen LogP contribution >= 0.6 is 0 Å². The van der Waals surface area contributed by atoms with Crippen molar-refractivity contribution in [3.8, 4) is 17.3 Å². The van der Waals surface area contributed by atoms with Crippen molar-refractivity contribution < 1.29 is 27.4 Å². The summed E-state index contributed by atoms with van der Waals surface area (Å²) in [6, 6.07) is 8.17. The lowest BCUT2D eigenvalue weighted by Crippen LogP contribution is -2.29. The molecule has 0 atom stereocenters. The lowest BCUT2D eigenvalue weighted by molar-refractivity contribution is -0.137. The number of nitrogens with zero attached hydrogens (tertiary/aromatic N) is 6. The van der Waals surface area contributed by atoms with Gasteiger partial charge in [0, 0.05) is 38.5 Å². The summed E-state index contributed by atoms with van der Waals surface area (Å²) in [5.41, 5.74) is 1.15. The maximum atomic E-state index is 14.1. The first kappa shape index (κ1) is 30.1. The molecule has 0 saturated carbocycles. The first-order chi connectivity index (χ1) is 19.9. The van der Waals surface area contributed by atoms with Crippen molar-refractivity contribution >= 4 is 40.0 Å². The number of carbonyl (C=O) groups excluding carboxylic acids is 1. The number of amides is 1. The summed E-state index contributed by atoms with van der Waals surface area (Å²) in [5, 5.41) is 5.72. The molecular formula is C28H31F3N8O3. The smallest absolute Gasteiger partial charge is 0.421 e. The third-order valence-corrected chi connectivity index (χ3v) is 6.36. The summed E-state index contributed by atoms with van der Waals surface area (Å²) < 4.78 is 54.3. The number of hydrogen-bond acceptors (Lipinski definition) is 9. The summed E-state index contributed by atoms with van der Waals surface area (Å²) in [7, 11) is 8.67. The second-order valence-electron chi connectivity index (χ2n) is 9.51. The molecule has 2 heterocycles. The van der Waals surface area contributed by atoms with Gasteiger partial charge in [-0.3, -0.25) is 9.36 Å². The van der Waals surface area contributed by atoms with Crippen molar-refractivity contribution in [1.29, 1.82) is 0 Å². The number of alkyl halides is 3. The number of methoxy groups -OCH3 is 2. The number of ether oxygens (including phenoxy) is 2. The maximum absolute atomic E-state index is 14.1. The molecular weight excluding hydrogens is 553 g/mol. The van der Waals surface area contributed by atoms with Crippen molar-refractivity contribution in [2.75, 3.05) is 64.0 Å². The average molecular weight is 585 g/mol. The summed E-state index contributed by atoms with van der Waals surface area (Å²) in [6.07, 6.45) is -1.65. The molecule has 0 aliphatic carbocycles. The van der Waals surface area contributed by atoms with E-state index in [0.717, 1.165) is 12.6 Å². The number of hydrogen-bond donors (Lipinski definition) is 2. The number of imidazole rings is 1. The van der Waals surface area contributed by atoms with Crippen LogP contribution in [0.2, 0.25) is 0 Å². The molecule has 0 aliphatic rings. The molecule has 1 amide bonds. The van der Waals surface area contributed by atoms with Crippen LogP contribution in [0.25, 0.3) is 16.9 Å². The molecule has 2 N–H and O–H groups in total. The average Bonchev–Trinajstić information content (AvgIpc) is 3.38. The molecule has 11 nitrogen and oxygen atoms in total. The van der Waals surface area contributed by atoms with E-state index >= 15 is 0 Å². The Bertz CT molecular complexity index is 1600. The van der Waals surface area contributed by atoms with Gasteiger partial charge in [-0.15, -0.1) is 0 Å². The maximum Gasteiger partial charge on any atom is 0.421 e. The van der Waals surface area contributed by atoms with Gasteiger partial charge in [-0.25, -0.2) is 9.97 Å². The molecule has 0 fully saturated rings. The van der Waals surface area contributed by atoms with Crippen LogP contribution in [-0.2, 0) is 11.0 Å². The highest BCUT2D eigenvalue weighted by atomic mass is 19.4. The third-order valence-electron chi connectivity index (χ3n) is 6.36. The van der Waals surface area contributed by atoms with E-state index in [1.807, 2.05) is 30.9 Å². The van der Waals surface area contributed by atoms with Crippen molar-refractivity contribution in [2.24, 2.45) is 0 Å². The van der Waals surface area contributed by atoms with Crippen LogP contribution in [0.1, 0.15) is 5.56 Å². The minimum absolute atomic E-state index is 0.143. The number of rotatable bonds is 11. The van der Waals surface area contributed by atoms with E-state index in [9.17, 15) is 18.0 Å². The highest BCUT2D eigenvalue weighted by Gasteiger charge is 2.36. The molecule has 0 aliphatic heterocycles. The van der Waals surface area contributed by atoms with E-state index in [4.69, 9.17) is 9.47 Å². The van der Waals surface area contributed by atoms with Gasteiger partial charge in [0.15, 0.2) is 5.82 Å². The fraction of sp³-hybridized carbons (Fsp3) is 0.286. The van der Waals surface area contributed by atoms with Crippen molar-refractivity contribution in [3.05, 3.63) is 61.1 Å². The highest BCUT2D eigenvalue weighted by molar-refractivity contribution is 6.02. The molecule has 42 heavy (non-hydrogen) atoms. The fourth-order valence-corrected chi connectivity index (χ4v) is 4.13. The Morgan fingerprint density at radius 2 is 1.83 bits per heavy atom. The van der Waals surface area contributed by atoms with Crippen LogP contribution in [0.5, 0.6) is 11.5 Å². The molecule has 0 saturated heterocycles. The fourth-order valence-electron chi connectivity index (χ4n) is 4.13. The van der Waals surface area contributed by atoms with Crippen LogP contribution in [0, 0.1) is 0 Å². The number of carbonyl (C=O) groups is 1. The summed E-state index contributed by atoms with van der Waals surface area (Å²) in [4.78, 5) is 28.6. The molecule has 0 radical (unpaired) electrons. The van der Waals surface area contributed by atoms with Crippen LogP contribution in [0.4, 0.5) is 36.2 Å². The standard InChI is InChI=1S/C28H31F3N8O3/c1-7-25(40)34-20-13-21(24(42-6)14-22(20)38(4)11-10-37(2)3)35-27-32-15-18(28(29,30)31)26(36-27)39-16-33-19-9-8-17(41-5)12-23(19)39/h7-9,12-16H,1,10-11H2,2-6H3,(H,34,40)(H,32,35,36). The summed E-state index contributed by atoms with van der Waals surface area (Å²) >= 11 is 0. The predicted octanol–water partition coefficient (Wildman–Crippen LogP) is 4.72. The highest BCUT2D eigenvalue weighted by Crippen LogP contribution is 2.39. The molecule has 14 heteroatoms. The Kier molecular flexibility index (Phi) is 8.85. The lowest BCUT2D eigenvalue weighted by atomic mass is 10.2. The molecule has 0 spiro atoms. The van der Waals surface area contributed by atoms with Gasteiger partial charge in [0.2, 0.25) is 11.9 Å². The van der Waals surface area contributed by atoms with E-state index in [2.05, 4.69) is 32.2 Å². The second kappa shape index (κ2) is 12.3. The second-order valence-corrected chi connectivity index (χ2v) is 9.51. The number of nitrogens with one attached hydrogen (secondary N) is 2. The van der Waals surface area contributed by atoms with Crippen LogP contribution < -0.4 is 25.0 Å². The molecule has 2 aromatic carbocycles. The van der Waals surface area contributed by atoms with Gasteiger partial charge in [0.25, 0.3) is 0 Å². The zero-order valence-electron chi connectivity index (χ0n) is 23.8. The summed E-state index contributed by atoms with van der Waals surface area (Å²) in [5.74, 6) is -0.226. The van der Waals surface area contributed by atoms with Gasteiger partial charge in [0.1, 0.15) is 23.4 Å². The van der Waals surface area contributed by atoms with Gasteiger partial charge in [-0.05, 0) is 38.4 Å². The van der Waals surface area contributed by atoms with Gasteiger partial charge in [0.05, 0.1) is 42.3 Å². The first-order valence-electron chi connectivity index (χ1n) is 12.7. The molecule has 2 aromatic heterocycles. The largest absolute Gasteiger partial charge is 0.497 e. The van der Waals surface area contributed by atoms with Crippen LogP contribution in [-0.4, -0.2) is 78.8 Å². The number of fused-ring (bicyclic) bond motifs is 1. The molecule has 0 bridgehead atoms. The third kappa shape index (κ3) is 6.54. The minimum atomic E-state index is -4.75. The molecule has 4 rings (SSSR count). The zero-order valence-corrected chi connectivity index (χ0v) is 23.8. The number of halogens is 3. The van der Waals surface area contributed by atoms with Crippen LogP contribution in [0.15, 0.2) is 55.5 Å². The Hall–Kier alpha value is -4.85. The molecule has 0 unspecified atom stereocenters. The first-order valence-corrected chi connectivity index (χ1v) is 12.7. The van der Waals surface area contributed by atoms with Crippen molar-refractivity contribution in [1.82, 2.24) is 24.4 Å². The number of aromatic nitrogens is 4. The normalized spacial score (nSPS) is 11.5. The number of benzene rings is 2. The Morgan fingerprint density at radius 3 is 2.48 bits per heavy atom. The Labute approximate surface area is 240 Å². The van der Waals surface area contributed by atoms with Crippen molar-refractivity contribution in [2.45, 2.75) is 6.18 Å². The van der Waals surface area contributed by atoms with E-state index in [-0.39, 0.29) is 5.95 Å². The monoisotopic (exact) mass is 584 g/mol. The number of anilines is 4.